The summed E-state index contributed by atoms with van der Waals surface area (Å²) < 4.78 is 0. The van der Waals surface area contributed by atoms with Crippen molar-refractivity contribution in [3.63, 3.8) is 0 Å². The van der Waals surface area contributed by atoms with Crippen molar-refractivity contribution in [1.29, 1.82) is 0 Å². The number of nitrogens with one attached hydrogen (secondary N) is 1. The van der Waals surface area contributed by atoms with Gasteiger partial charge in [-0.3, -0.25) is 4.79 Å². The number of amides is 1. The molecule has 2 rings (SSSR count). The second-order valence-corrected chi connectivity index (χ2v) is 7.43. The highest BCUT2D eigenvalue weighted by molar-refractivity contribution is 7.99. The molecule has 0 aromatic rings. The highest BCUT2D eigenvalue weighted by Crippen LogP contribution is 2.31. The van der Waals surface area contributed by atoms with E-state index in [1.807, 2.05) is 6.92 Å². The molecule has 2 fully saturated rings. The fourth-order valence-electron chi connectivity index (χ4n) is 3.27. The van der Waals surface area contributed by atoms with Gasteiger partial charge in [0.25, 0.3) is 0 Å². The molecular weight excluding hydrogens is 274 g/mol. The zero-order valence-electron chi connectivity index (χ0n) is 12.2. The maximum Gasteiger partial charge on any atom is 0.330 e. The third-order valence-corrected chi connectivity index (χ3v) is 5.84. The monoisotopic (exact) mass is 299 g/mol. The van der Waals surface area contributed by atoms with E-state index in [-0.39, 0.29) is 11.8 Å². The van der Waals surface area contributed by atoms with Crippen molar-refractivity contribution in [2.45, 2.75) is 57.4 Å². The van der Waals surface area contributed by atoms with E-state index in [0.717, 1.165) is 12.2 Å². The predicted molar refractivity (Wildman–Crippen MR) is 80.8 cm³/mol. The van der Waals surface area contributed by atoms with Crippen molar-refractivity contribution in [1.82, 2.24) is 5.32 Å². The number of thioether (sulfide) groups is 1. The van der Waals surface area contributed by atoms with Crippen molar-refractivity contribution in [3.8, 4) is 0 Å². The first-order valence-corrected chi connectivity index (χ1v) is 8.82. The molecule has 0 bridgehead atoms. The highest BCUT2D eigenvalue weighted by atomic mass is 32.2. The molecule has 0 aromatic heterocycles. The Morgan fingerprint density at radius 2 is 2.05 bits per heavy atom. The smallest absolute Gasteiger partial charge is 0.330 e. The van der Waals surface area contributed by atoms with Gasteiger partial charge in [0.1, 0.15) is 5.54 Å². The summed E-state index contributed by atoms with van der Waals surface area (Å²) in [4.78, 5) is 23.7. The van der Waals surface area contributed by atoms with Crippen molar-refractivity contribution >= 4 is 23.6 Å². The van der Waals surface area contributed by atoms with Crippen LogP contribution in [0.4, 0.5) is 0 Å². The molecule has 1 heterocycles. The topological polar surface area (TPSA) is 66.4 Å². The van der Waals surface area contributed by atoms with E-state index >= 15 is 0 Å². The third kappa shape index (κ3) is 3.68. The zero-order chi connectivity index (χ0) is 14.6. The number of carboxylic acids is 1. The van der Waals surface area contributed by atoms with Gasteiger partial charge in [0.15, 0.2) is 0 Å². The van der Waals surface area contributed by atoms with E-state index in [4.69, 9.17) is 0 Å². The van der Waals surface area contributed by atoms with E-state index in [0.29, 0.717) is 18.1 Å². The molecule has 20 heavy (non-hydrogen) atoms. The quantitative estimate of drug-likeness (QED) is 0.819. The van der Waals surface area contributed by atoms with Crippen LogP contribution in [0.2, 0.25) is 0 Å². The standard InChI is InChI=1S/C15H25NO3S/c1-11(9-12-5-3-2-4-6-12)13(17)16-15(14(18)19)7-8-20-10-15/h11-12H,2-10H2,1H3,(H,16,17)(H,18,19). The molecule has 2 N–H and O–H groups in total. The van der Waals surface area contributed by atoms with Gasteiger partial charge in [-0.1, -0.05) is 39.0 Å². The Bertz CT molecular complexity index is 360. The molecular formula is C15H25NO3S. The number of hydrogen-bond acceptors (Lipinski definition) is 3. The van der Waals surface area contributed by atoms with Crippen LogP contribution in [0.3, 0.4) is 0 Å². The van der Waals surface area contributed by atoms with E-state index in [1.54, 1.807) is 11.8 Å². The lowest BCUT2D eigenvalue weighted by Crippen LogP contribution is -2.56. The molecule has 5 heteroatoms. The first kappa shape index (κ1) is 15.7. The van der Waals surface area contributed by atoms with Crippen molar-refractivity contribution in [3.05, 3.63) is 0 Å². The zero-order valence-corrected chi connectivity index (χ0v) is 13.0. The largest absolute Gasteiger partial charge is 0.479 e. The minimum absolute atomic E-state index is 0.0829. The average Bonchev–Trinajstić information content (AvgIpc) is 2.89. The van der Waals surface area contributed by atoms with Gasteiger partial charge < -0.3 is 10.4 Å². The Labute approximate surface area is 125 Å². The van der Waals surface area contributed by atoms with Gasteiger partial charge in [-0.15, -0.1) is 0 Å². The van der Waals surface area contributed by atoms with Crippen molar-refractivity contribution in [2.24, 2.45) is 11.8 Å². The minimum Gasteiger partial charge on any atom is -0.479 e. The molecule has 0 spiro atoms. The van der Waals surface area contributed by atoms with Gasteiger partial charge in [-0.05, 0) is 24.5 Å². The summed E-state index contributed by atoms with van der Waals surface area (Å²) in [5.41, 5.74) is -1.03. The number of carboxylic acid groups (broad SMARTS) is 1. The van der Waals surface area contributed by atoms with Crippen molar-refractivity contribution in [2.75, 3.05) is 11.5 Å². The second kappa shape index (κ2) is 6.83. The average molecular weight is 299 g/mol. The lowest BCUT2D eigenvalue weighted by atomic mass is 9.83. The molecule has 1 amide bonds. The van der Waals surface area contributed by atoms with E-state index in [1.165, 1.54) is 32.1 Å². The van der Waals surface area contributed by atoms with Crippen LogP contribution in [-0.4, -0.2) is 34.0 Å². The molecule has 114 valence electrons. The maximum atomic E-state index is 12.3. The Morgan fingerprint density at radius 1 is 1.35 bits per heavy atom. The Morgan fingerprint density at radius 3 is 2.60 bits per heavy atom. The summed E-state index contributed by atoms with van der Waals surface area (Å²) in [6.45, 7) is 1.93. The van der Waals surface area contributed by atoms with Crippen LogP contribution in [0.1, 0.15) is 51.9 Å². The second-order valence-electron chi connectivity index (χ2n) is 6.32. The molecule has 1 aliphatic carbocycles. The maximum absolute atomic E-state index is 12.3. The first-order chi connectivity index (χ1) is 9.53. The van der Waals surface area contributed by atoms with E-state index in [2.05, 4.69) is 5.32 Å². The molecule has 2 aliphatic rings. The molecule has 2 atom stereocenters. The van der Waals surface area contributed by atoms with Gasteiger partial charge in [0.2, 0.25) is 5.91 Å². The van der Waals surface area contributed by atoms with Crippen LogP contribution in [0.5, 0.6) is 0 Å². The normalized spacial score (nSPS) is 29.1. The van der Waals surface area contributed by atoms with Crippen LogP contribution in [-0.2, 0) is 9.59 Å². The fourth-order valence-corrected chi connectivity index (χ4v) is 4.60. The Hall–Kier alpha value is -0.710. The minimum atomic E-state index is -1.03. The third-order valence-electron chi connectivity index (χ3n) is 4.65. The van der Waals surface area contributed by atoms with Crippen molar-refractivity contribution < 1.29 is 14.7 Å². The summed E-state index contributed by atoms with van der Waals surface area (Å²) >= 11 is 1.60. The van der Waals surface area contributed by atoms with E-state index in [9.17, 15) is 14.7 Å². The van der Waals surface area contributed by atoms with Gasteiger partial charge in [0, 0.05) is 11.7 Å². The summed E-state index contributed by atoms with van der Waals surface area (Å²) in [7, 11) is 0. The number of carbonyl (C=O) groups is 2. The summed E-state index contributed by atoms with van der Waals surface area (Å²) in [6, 6.07) is 0. The highest BCUT2D eigenvalue weighted by Gasteiger charge is 2.43. The van der Waals surface area contributed by atoms with Crippen LogP contribution in [0.25, 0.3) is 0 Å². The molecule has 1 saturated heterocycles. The number of carbonyl (C=O) groups excluding carboxylic acids is 1. The molecule has 0 aromatic carbocycles. The molecule has 2 unspecified atom stereocenters. The first-order valence-electron chi connectivity index (χ1n) is 7.67. The SMILES string of the molecule is CC(CC1CCCCC1)C(=O)NC1(C(=O)O)CCSC1. The number of aliphatic carboxylic acids is 1. The van der Waals surface area contributed by atoms with Crippen LogP contribution < -0.4 is 5.32 Å². The Kier molecular flexibility index (Phi) is 5.35. The van der Waals surface area contributed by atoms with Crippen LogP contribution in [0.15, 0.2) is 0 Å². The fraction of sp³-hybridized carbons (Fsp3) is 0.867. The van der Waals surface area contributed by atoms with Gasteiger partial charge in [-0.25, -0.2) is 4.79 Å². The number of rotatable bonds is 5. The lowest BCUT2D eigenvalue weighted by Gasteiger charge is -2.28. The van der Waals surface area contributed by atoms with Gasteiger partial charge in [0.05, 0.1) is 0 Å². The van der Waals surface area contributed by atoms with Gasteiger partial charge in [-0.2, -0.15) is 11.8 Å². The van der Waals surface area contributed by atoms with Gasteiger partial charge >= 0.3 is 5.97 Å². The Balaban J connectivity index is 1.87. The lowest BCUT2D eigenvalue weighted by molar-refractivity contribution is -0.147. The van der Waals surface area contributed by atoms with Crippen LogP contribution >= 0.6 is 11.8 Å². The van der Waals surface area contributed by atoms with E-state index < -0.39 is 11.5 Å². The number of hydrogen-bond donors (Lipinski definition) is 2. The summed E-state index contributed by atoms with van der Waals surface area (Å²) in [5, 5.41) is 12.2. The molecule has 0 radical (unpaired) electrons. The summed E-state index contributed by atoms with van der Waals surface area (Å²) in [5.74, 6) is 0.887. The summed E-state index contributed by atoms with van der Waals surface area (Å²) in [6.07, 6.45) is 7.73. The molecule has 1 aliphatic heterocycles. The molecule has 1 saturated carbocycles. The van der Waals surface area contributed by atoms with Crippen LogP contribution in [0, 0.1) is 11.8 Å². The predicted octanol–water partition coefficient (Wildman–Crippen LogP) is 2.67. The molecule has 4 nitrogen and oxygen atoms in total.